The van der Waals surface area contributed by atoms with Crippen LogP contribution >= 0.6 is 11.6 Å². The molecule has 2 aromatic rings. The summed E-state index contributed by atoms with van der Waals surface area (Å²) in [5.74, 6) is -1.37. The molecule has 0 unspecified atom stereocenters. The highest BCUT2D eigenvalue weighted by Gasteiger charge is 2.26. The van der Waals surface area contributed by atoms with Crippen molar-refractivity contribution in [3.63, 3.8) is 0 Å². The lowest BCUT2D eigenvalue weighted by atomic mass is 9.85. The van der Waals surface area contributed by atoms with Crippen molar-refractivity contribution >= 4 is 34.9 Å². The Balaban J connectivity index is 2.06. The first-order valence-electron chi connectivity index (χ1n) is 8.09. The van der Waals surface area contributed by atoms with Crippen molar-refractivity contribution in [2.45, 2.75) is 26.2 Å². The third kappa shape index (κ3) is 5.52. The van der Waals surface area contributed by atoms with Crippen LogP contribution in [0.2, 0.25) is 5.02 Å². The van der Waals surface area contributed by atoms with Gasteiger partial charge in [0.25, 0.3) is 11.6 Å². The van der Waals surface area contributed by atoms with E-state index in [4.69, 9.17) is 16.3 Å². The van der Waals surface area contributed by atoms with Crippen LogP contribution in [0.25, 0.3) is 0 Å². The smallest absolute Gasteiger partial charge is 0.338 e. The zero-order valence-electron chi connectivity index (χ0n) is 15.1. The summed E-state index contributed by atoms with van der Waals surface area (Å²) in [7, 11) is 0. The van der Waals surface area contributed by atoms with E-state index in [0.717, 1.165) is 6.07 Å². The van der Waals surface area contributed by atoms with Crippen molar-refractivity contribution in [2.24, 2.45) is 0 Å². The molecule has 0 fully saturated rings. The summed E-state index contributed by atoms with van der Waals surface area (Å²) in [6.07, 6.45) is 0. The number of esters is 1. The lowest BCUT2D eigenvalue weighted by molar-refractivity contribution is -0.386. The van der Waals surface area contributed by atoms with E-state index in [1.54, 1.807) is 24.3 Å². The fourth-order valence-electron chi connectivity index (χ4n) is 2.42. The van der Waals surface area contributed by atoms with Gasteiger partial charge in [-0.3, -0.25) is 14.9 Å². The number of halogens is 1. The summed E-state index contributed by atoms with van der Waals surface area (Å²) in [5, 5.41) is 14.3. The van der Waals surface area contributed by atoms with Crippen LogP contribution in [0.5, 0.6) is 0 Å². The second-order valence-electron chi connectivity index (χ2n) is 6.87. The number of anilines is 1. The van der Waals surface area contributed by atoms with E-state index in [-0.39, 0.29) is 11.3 Å². The molecule has 1 N–H and O–H groups in total. The summed E-state index contributed by atoms with van der Waals surface area (Å²) < 4.78 is 4.95. The van der Waals surface area contributed by atoms with Gasteiger partial charge in [-0.25, -0.2) is 4.79 Å². The summed E-state index contributed by atoms with van der Waals surface area (Å²) >= 11 is 5.83. The maximum atomic E-state index is 12.1. The Labute approximate surface area is 161 Å². The van der Waals surface area contributed by atoms with Gasteiger partial charge in [-0.1, -0.05) is 44.5 Å². The highest BCUT2D eigenvalue weighted by atomic mass is 35.5. The van der Waals surface area contributed by atoms with Crippen LogP contribution < -0.4 is 5.32 Å². The third-order valence-corrected chi connectivity index (χ3v) is 3.92. The molecule has 0 saturated heterocycles. The van der Waals surface area contributed by atoms with Gasteiger partial charge >= 0.3 is 5.97 Å². The van der Waals surface area contributed by atoms with E-state index >= 15 is 0 Å². The predicted molar refractivity (Wildman–Crippen MR) is 102 cm³/mol. The monoisotopic (exact) mass is 390 g/mol. The number of carbonyl (C=O) groups is 2. The maximum Gasteiger partial charge on any atom is 0.338 e. The number of hydrogen-bond donors (Lipinski definition) is 1. The number of amides is 1. The first kappa shape index (κ1) is 20.4. The first-order chi connectivity index (χ1) is 12.6. The van der Waals surface area contributed by atoms with Gasteiger partial charge in [-0.15, -0.1) is 0 Å². The van der Waals surface area contributed by atoms with E-state index in [0.29, 0.717) is 16.3 Å². The van der Waals surface area contributed by atoms with E-state index in [1.807, 2.05) is 20.8 Å². The molecule has 0 bridgehead atoms. The van der Waals surface area contributed by atoms with Gasteiger partial charge in [-0.2, -0.15) is 0 Å². The molecule has 142 valence electrons. The Kier molecular flexibility index (Phi) is 6.17. The molecule has 1 amide bonds. The van der Waals surface area contributed by atoms with Crippen molar-refractivity contribution < 1.29 is 19.2 Å². The lowest BCUT2D eigenvalue weighted by Gasteiger charge is -2.19. The quantitative estimate of drug-likeness (QED) is 0.465. The Hall–Kier alpha value is -2.93. The van der Waals surface area contributed by atoms with Crippen LogP contribution in [-0.4, -0.2) is 23.4 Å². The predicted octanol–water partition coefficient (Wildman–Crippen LogP) is 4.34. The van der Waals surface area contributed by atoms with Crippen molar-refractivity contribution in [1.82, 2.24) is 0 Å². The second-order valence-corrected chi connectivity index (χ2v) is 7.31. The zero-order chi connectivity index (χ0) is 20.2. The Bertz CT molecular complexity index is 890. The maximum absolute atomic E-state index is 12.1. The summed E-state index contributed by atoms with van der Waals surface area (Å²) in [5.41, 5.74) is 0.351. The lowest BCUT2D eigenvalue weighted by Crippen LogP contribution is -2.21. The van der Waals surface area contributed by atoms with Crippen LogP contribution in [0.3, 0.4) is 0 Å². The molecule has 0 aliphatic rings. The van der Waals surface area contributed by atoms with Gasteiger partial charge in [0.2, 0.25) is 0 Å². The number of ether oxygens (including phenoxy) is 1. The molecule has 2 aromatic carbocycles. The van der Waals surface area contributed by atoms with Gasteiger partial charge in [-0.05, 0) is 29.7 Å². The number of hydrogen-bond acceptors (Lipinski definition) is 5. The molecule has 0 aliphatic heterocycles. The van der Waals surface area contributed by atoms with E-state index in [2.05, 4.69) is 5.32 Å². The third-order valence-electron chi connectivity index (χ3n) is 3.68. The Morgan fingerprint density at radius 2 is 1.89 bits per heavy atom. The van der Waals surface area contributed by atoms with Crippen LogP contribution in [0.15, 0.2) is 42.5 Å². The van der Waals surface area contributed by atoms with Gasteiger partial charge in [0.15, 0.2) is 6.61 Å². The summed E-state index contributed by atoms with van der Waals surface area (Å²) in [6, 6.07) is 10.7. The first-order valence-corrected chi connectivity index (χ1v) is 8.47. The number of nitrogens with zero attached hydrogens (tertiary/aromatic N) is 1. The van der Waals surface area contributed by atoms with Gasteiger partial charge in [0.1, 0.15) is 0 Å². The molecule has 27 heavy (non-hydrogen) atoms. The minimum atomic E-state index is -0.820. The molecule has 0 saturated carbocycles. The van der Waals surface area contributed by atoms with Crippen molar-refractivity contribution in [1.29, 1.82) is 0 Å². The molecule has 0 aliphatic carbocycles. The topological polar surface area (TPSA) is 98.5 Å². The molecule has 0 heterocycles. The Morgan fingerprint density at radius 3 is 2.48 bits per heavy atom. The SMILES string of the molecule is CC(C)(C)c1ccc(C(=O)OCC(=O)Nc2cccc(Cl)c2)cc1[N+](=O)[O-]. The summed E-state index contributed by atoms with van der Waals surface area (Å²) in [6.45, 7) is 4.99. The van der Waals surface area contributed by atoms with Crippen LogP contribution in [0.4, 0.5) is 11.4 Å². The molecule has 7 nitrogen and oxygen atoms in total. The molecular formula is C19H19ClN2O5. The molecule has 0 spiro atoms. The zero-order valence-corrected chi connectivity index (χ0v) is 15.9. The van der Waals surface area contributed by atoms with Gasteiger partial charge < -0.3 is 10.1 Å². The highest BCUT2D eigenvalue weighted by Crippen LogP contribution is 2.32. The van der Waals surface area contributed by atoms with Crippen molar-refractivity contribution in [3.05, 3.63) is 68.7 Å². The van der Waals surface area contributed by atoms with E-state index < -0.39 is 28.8 Å². The molecule has 2 rings (SSSR count). The van der Waals surface area contributed by atoms with Gasteiger partial charge in [0, 0.05) is 22.3 Å². The van der Waals surface area contributed by atoms with E-state index in [1.165, 1.54) is 12.1 Å². The number of rotatable bonds is 5. The fraction of sp³-hybridized carbons (Fsp3) is 0.263. The fourth-order valence-corrected chi connectivity index (χ4v) is 2.61. The highest BCUT2D eigenvalue weighted by molar-refractivity contribution is 6.30. The van der Waals surface area contributed by atoms with Crippen LogP contribution in [0, 0.1) is 10.1 Å². The number of nitrogens with one attached hydrogen (secondary N) is 1. The second kappa shape index (κ2) is 8.18. The standard InChI is InChI=1S/C19H19ClN2O5/c1-19(2,3)15-8-7-12(9-16(15)22(25)26)18(24)27-11-17(23)21-14-6-4-5-13(20)10-14/h4-10H,11H2,1-3H3,(H,21,23). The summed E-state index contributed by atoms with van der Waals surface area (Å²) in [4.78, 5) is 34.8. The Morgan fingerprint density at radius 1 is 1.19 bits per heavy atom. The molecule has 0 aromatic heterocycles. The van der Waals surface area contributed by atoms with Crippen LogP contribution in [0.1, 0.15) is 36.7 Å². The van der Waals surface area contributed by atoms with Crippen LogP contribution in [-0.2, 0) is 14.9 Å². The minimum Gasteiger partial charge on any atom is -0.452 e. The molecule has 8 heteroatoms. The largest absolute Gasteiger partial charge is 0.452 e. The molecule has 0 atom stereocenters. The number of nitro benzene ring substituents is 1. The normalized spacial score (nSPS) is 11.0. The average Bonchev–Trinajstić information content (AvgIpc) is 2.58. The average molecular weight is 391 g/mol. The molecule has 0 radical (unpaired) electrons. The van der Waals surface area contributed by atoms with E-state index in [9.17, 15) is 19.7 Å². The van der Waals surface area contributed by atoms with Gasteiger partial charge in [0.05, 0.1) is 10.5 Å². The number of nitro groups is 1. The molecular weight excluding hydrogens is 372 g/mol. The number of benzene rings is 2. The van der Waals surface area contributed by atoms with Crippen molar-refractivity contribution in [3.8, 4) is 0 Å². The number of carbonyl (C=O) groups excluding carboxylic acids is 2. The minimum absolute atomic E-state index is 0.00487. The van der Waals surface area contributed by atoms with Crippen molar-refractivity contribution in [2.75, 3.05) is 11.9 Å².